The van der Waals surface area contributed by atoms with Crippen LogP contribution in [-0.4, -0.2) is 32.3 Å². The number of hydrogen-bond donors (Lipinski definition) is 0. The first kappa shape index (κ1) is 24.4. The molecule has 0 radical (unpaired) electrons. The lowest BCUT2D eigenvalue weighted by Crippen LogP contribution is -2.38. The molecule has 0 atom stereocenters. The molecule has 32 heavy (non-hydrogen) atoms. The van der Waals surface area contributed by atoms with Crippen LogP contribution in [-0.2, 0) is 9.53 Å². The van der Waals surface area contributed by atoms with Gasteiger partial charge in [-0.15, -0.1) is 0 Å². The summed E-state index contributed by atoms with van der Waals surface area (Å²) in [5, 5.41) is 2.35. The van der Waals surface area contributed by atoms with E-state index in [9.17, 15) is 4.79 Å². The van der Waals surface area contributed by atoms with Gasteiger partial charge in [-0.25, -0.2) is 0 Å². The maximum atomic E-state index is 12.2. The number of carbonyl (C=O) groups excluding carboxylic acids is 1. The highest BCUT2D eigenvalue weighted by Crippen LogP contribution is 2.39. The summed E-state index contributed by atoms with van der Waals surface area (Å²) in [6, 6.07) is 12.8. The van der Waals surface area contributed by atoms with Gasteiger partial charge in [0.1, 0.15) is 5.75 Å². The second kappa shape index (κ2) is 9.72. The number of carbonyl (C=O) groups is 1. The Balaban J connectivity index is 1.65. The van der Waals surface area contributed by atoms with Crippen molar-refractivity contribution in [1.29, 1.82) is 0 Å². The van der Waals surface area contributed by atoms with E-state index in [1.807, 2.05) is 27.8 Å². The van der Waals surface area contributed by atoms with Gasteiger partial charge in [0.25, 0.3) is 0 Å². The summed E-state index contributed by atoms with van der Waals surface area (Å²) in [4.78, 5) is 14.4. The second-order valence-electron chi connectivity index (χ2n) is 11.1. The van der Waals surface area contributed by atoms with Crippen LogP contribution < -0.4 is 9.64 Å². The summed E-state index contributed by atoms with van der Waals surface area (Å²) >= 11 is 0. The monoisotopic (exact) mass is 439 g/mol. The fourth-order valence-corrected chi connectivity index (χ4v) is 4.84. The molecule has 176 valence electrons. The molecule has 2 aromatic rings. The van der Waals surface area contributed by atoms with Crippen LogP contribution in [0, 0.1) is 16.7 Å². The molecule has 0 aliphatic heterocycles. The first-order valence-corrected chi connectivity index (χ1v) is 12.1. The van der Waals surface area contributed by atoms with Crippen molar-refractivity contribution in [3.8, 4) is 5.75 Å². The van der Waals surface area contributed by atoms with E-state index in [1.54, 1.807) is 0 Å². The lowest BCUT2D eigenvalue weighted by Gasteiger charge is -2.37. The molecule has 1 fully saturated rings. The summed E-state index contributed by atoms with van der Waals surface area (Å²) in [6.45, 7) is 13.8. The Morgan fingerprint density at radius 1 is 0.969 bits per heavy atom. The van der Waals surface area contributed by atoms with Crippen molar-refractivity contribution in [2.45, 2.75) is 73.3 Å². The Morgan fingerprint density at radius 2 is 1.59 bits per heavy atom. The summed E-state index contributed by atoms with van der Waals surface area (Å²) in [5.41, 5.74) is 0.914. The number of hydrogen-bond acceptors (Lipinski definition) is 4. The zero-order valence-corrected chi connectivity index (χ0v) is 21.0. The van der Waals surface area contributed by atoms with Gasteiger partial charge in [-0.3, -0.25) is 4.79 Å². The number of ether oxygens (including phenoxy) is 2. The Morgan fingerprint density at radius 3 is 2.22 bits per heavy atom. The summed E-state index contributed by atoms with van der Waals surface area (Å²) in [6.07, 6.45) is 5.10. The molecule has 0 unspecified atom stereocenters. The first-order chi connectivity index (χ1) is 15.0. The molecule has 0 aromatic heterocycles. The van der Waals surface area contributed by atoms with Crippen LogP contribution in [0.5, 0.6) is 5.75 Å². The van der Waals surface area contributed by atoms with Crippen LogP contribution in [0.3, 0.4) is 0 Å². The van der Waals surface area contributed by atoms with Gasteiger partial charge in [-0.05, 0) is 92.8 Å². The van der Waals surface area contributed by atoms with Gasteiger partial charge in [0.2, 0.25) is 0 Å². The van der Waals surface area contributed by atoms with E-state index in [1.165, 1.54) is 23.6 Å². The minimum Gasteiger partial charge on any atom is -0.490 e. The molecule has 4 nitrogen and oxygen atoms in total. The Kier molecular flexibility index (Phi) is 7.42. The Labute approximate surface area is 194 Å². The molecular formula is C28H41NO3. The number of nitrogens with zero attached hydrogens (tertiary/aromatic N) is 1. The number of rotatable bonds is 7. The van der Waals surface area contributed by atoms with Crippen LogP contribution in [0.25, 0.3) is 10.8 Å². The van der Waals surface area contributed by atoms with Gasteiger partial charge in [0.05, 0.1) is 18.1 Å². The third-order valence-electron chi connectivity index (χ3n) is 6.90. The number of esters is 1. The highest BCUT2D eigenvalue weighted by Gasteiger charge is 2.31. The minimum absolute atomic E-state index is 0.161. The number of fused-ring (bicyclic) bond motifs is 1. The molecular weight excluding hydrogens is 398 g/mol. The van der Waals surface area contributed by atoms with Crippen LogP contribution in [0.2, 0.25) is 0 Å². The van der Waals surface area contributed by atoms with Crippen LogP contribution in [0.1, 0.15) is 67.2 Å². The van der Waals surface area contributed by atoms with Crippen molar-refractivity contribution in [2.24, 2.45) is 16.7 Å². The number of anilines is 1. The van der Waals surface area contributed by atoms with Crippen LogP contribution in [0.15, 0.2) is 36.4 Å². The van der Waals surface area contributed by atoms with E-state index in [0.717, 1.165) is 30.2 Å². The molecule has 2 aromatic carbocycles. The molecule has 1 saturated carbocycles. The normalized spacial score (nSPS) is 19.6. The van der Waals surface area contributed by atoms with Crippen LogP contribution in [0.4, 0.5) is 5.69 Å². The summed E-state index contributed by atoms with van der Waals surface area (Å²) < 4.78 is 11.6. The van der Waals surface area contributed by atoms with Crippen LogP contribution >= 0.6 is 0 Å². The third-order valence-corrected chi connectivity index (χ3v) is 6.90. The third kappa shape index (κ3) is 5.96. The molecule has 0 spiro atoms. The zero-order valence-electron chi connectivity index (χ0n) is 21.0. The van der Waals surface area contributed by atoms with Gasteiger partial charge >= 0.3 is 5.97 Å². The lowest BCUT2D eigenvalue weighted by atomic mass is 9.72. The molecule has 1 aliphatic rings. The topological polar surface area (TPSA) is 38.8 Å². The number of benzene rings is 2. The van der Waals surface area contributed by atoms with E-state index >= 15 is 0 Å². The van der Waals surface area contributed by atoms with Crippen molar-refractivity contribution in [3.05, 3.63) is 36.4 Å². The minimum atomic E-state index is -0.566. The maximum Gasteiger partial charge on any atom is 0.313 e. The standard InChI is InChI=1S/C28H41NO3/c1-8-31-26(30)28(5,6)19-29(7)23-13-9-21-18-25(14-10-20(21)17-23)32-24-15-11-22(12-16-24)27(2,3)4/h9-10,13-14,17-18,22,24H,8,11-12,15-16,19H2,1-7H3. The van der Waals surface area contributed by atoms with Gasteiger partial charge < -0.3 is 14.4 Å². The molecule has 4 heteroatoms. The SMILES string of the molecule is CCOC(=O)C(C)(C)CN(C)c1ccc2cc(OC3CCC(C(C)(C)C)CC3)ccc2c1. The van der Waals surface area contributed by atoms with Gasteiger partial charge in [0, 0.05) is 19.3 Å². The van der Waals surface area contributed by atoms with E-state index in [0.29, 0.717) is 24.7 Å². The van der Waals surface area contributed by atoms with E-state index < -0.39 is 5.41 Å². The molecule has 0 N–H and O–H groups in total. The van der Waals surface area contributed by atoms with Crippen molar-refractivity contribution in [1.82, 2.24) is 0 Å². The largest absolute Gasteiger partial charge is 0.490 e. The molecule has 3 rings (SSSR count). The van der Waals surface area contributed by atoms with Gasteiger partial charge in [-0.1, -0.05) is 32.9 Å². The smallest absolute Gasteiger partial charge is 0.313 e. The maximum absolute atomic E-state index is 12.2. The van der Waals surface area contributed by atoms with E-state index in [4.69, 9.17) is 9.47 Å². The average Bonchev–Trinajstić information content (AvgIpc) is 2.73. The summed E-state index contributed by atoms with van der Waals surface area (Å²) in [7, 11) is 2.02. The van der Waals surface area contributed by atoms with Crippen molar-refractivity contribution >= 4 is 22.4 Å². The average molecular weight is 440 g/mol. The molecule has 0 saturated heterocycles. The highest BCUT2D eigenvalue weighted by molar-refractivity contribution is 5.87. The van der Waals surface area contributed by atoms with Gasteiger partial charge in [-0.2, -0.15) is 0 Å². The van der Waals surface area contributed by atoms with Crippen molar-refractivity contribution < 1.29 is 14.3 Å². The molecule has 0 bridgehead atoms. The first-order valence-electron chi connectivity index (χ1n) is 12.1. The summed E-state index contributed by atoms with van der Waals surface area (Å²) in [5.74, 6) is 1.59. The Bertz CT molecular complexity index is 920. The highest BCUT2D eigenvalue weighted by atomic mass is 16.5. The van der Waals surface area contributed by atoms with E-state index in [2.05, 4.69) is 62.1 Å². The second-order valence-corrected chi connectivity index (χ2v) is 11.1. The molecule has 1 aliphatic carbocycles. The van der Waals surface area contributed by atoms with Crippen molar-refractivity contribution in [3.63, 3.8) is 0 Å². The molecule has 0 heterocycles. The fraction of sp³-hybridized carbons (Fsp3) is 0.607. The lowest BCUT2D eigenvalue weighted by molar-refractivity contribution is -0.152. The zero-order chi connectivity index (χ0) is 23.5. The molecule has 0 amide bonds. The van der Waals surface area contributed by atoms with E-state index in [-0.39, 0.29) is 5.97 Å². The Hall–Kier alpha value is -2.23. The van der Waals surface area contributed by atoms with Crippen molar-refractivity contribution in [2.75, 3.05) is 25.1 Å². The fourth-order valence-electron chi connectivity index (χ4n) is 4.84. The van der Waals surface area contributed by atoms with Gasteiger partial charge in [0.15, 0.2) is 0 Å². The quantitative estimate of drug-likeness (QED) is 0.442. The predicted octanol–water partition coefficient (Wildman–Crippen LogP) is 6.85. The predicted molar refractivity (Wildman–Crippen MR) is 133 cm³/mol.